The van der Waals surface area contributed by atoms with Crippen molar-refractivity contribution < 1.29 is 30.9 Å². The maximum atomic E-state index is 11.4. The zero-order chi connectivity index (χ0) is 35.1. The second-order valence-electron chi connectivity index (χ2n) is 14.3. The van der Waals surface area contributed by atoms with E-state index in [2.05, 4.69) is 112 Å². The summed E-state index contributed by atoms with van der Waals surface area (Å²) < 4.78 is 0. The molecule has 0 bridgehead atoms. The van der Waals surface area contributed by atoms with Gasteiger partial charge in [0.2, 0.25) is 0 Å². The smallest absolute Gasteiger partial charge is 0.128 e. The number of pyridine rings is 1. The van der Waals surface area contributed by atoms with Crippen LogP contribution in [-0.2, 0) is 36.7 Å². The molecule has 0 amide bonds. The summed E-state index contributed by atoms with van der Waals surface area (Å²) in [5.74, 6) is 0.302. The molecule has 5 aromatic carbocycles. The minimum atomic E-state index is -0.195. The summed E-state index contributed by atoms with van der Waals surface area (Å²) in [5, 5.41) is 17.4. The van der Waals surface area contributed by atoms with Crippen LogP contribution in [-0.4, -0.2) is 10.1 Å². The molecule has 0 fully saturated rings. The maximum Gasteiger partial charge on any atom is 0.128 e. The topological polar surface area (TPSA) is 47.2 Å². The van der Waals surface area contributed by atoms with E-state index in [1.807, 2.05) is 78.9 Å². The van der Waals surface area contributed by atoms with Crippen LogP contribution in [0.4, 0.5) is 11.4 Å². The van der Waals surface area contributed by atoms with Crippen molar-refractivity contribution in [3.05, 3.63) is 174 Å². The number of rotatable bonds is 3. The van der Waals surface area contributed by atoms with E-state index in [1.165, 1.54) is 5.56 Å². The van der Waals surface area contributed by atoms with Crippen molar-refractivity contribution >= 4 is 22.3 Å². The Hall–Kier alpha value is -4.28. The summed E-state index contributed by atoms with van der Waals surface area (Å²) >= 11 is 0. The van der Waals surface area contributed by atoms with Gasteiger partial charge in [-0.15, -0.1) is 35.6 Å². The van der Waals surface area contributed by atoms with Crippen molar-refractivity contribution in [2.45, 2.75) is 66.2 Å². The molecule has 6 aromatic rings. The fourth-order valence-corrected chi connectivity index (χ4v) is 5.26. The summed E-state index contributed by atoms with van der Waals surface area (Å²) in [5.41, 5.74) is 10.5. The molecule has 4 heteroatoms. The van der Waals surface area contributed by atoms with Gasteiger partial charge in [0.15, 0.2) is 0 Å². The number of hydrogen-bond acceptors (Lipinski definition) is 2. The molecule has 0 atom stereocenters. The molecule has 0 spiro atoms. The Kier molecular flexibility index (Phi) is 13.5. The summed E-state index contributed by atoms with van der Waals surface area (Å²) in [6.07, 6.45) is 0. The van der Waals surface area contributed by atoms with Gasteiger partial charge in [0.05, 0.1) is 11.2 Å². The Bertz CT molecular complexity index is 1900. The molecule has 0 unspecified atom stereocenters. The van der Waals surface area contributed by atoms with Crippen molar-refractivity contribution in [1.82, 2.24) is 4.98 Å². The number of aromatic hydroxyl groups is 1. The second kappa shape index (κ2) is 16.9. The third kappa shape index (κ3) is 10.6. The molecule has 1 aromatic heterocycles. The van der Waals surface area contributed by atoms with E-state index in [-0.39, 0.29) is 36.7 Å². The molecule has 252 valence electrons. The third-order valence-electron chi connectivity index (χ3n) is 8.12. The van der Waals surface area contributed by atoms with Gasteiger partial charge in [-0.2, -0.15) is 49.2 Å². The van der Waals surface area contributed by atoms with Gasteiger partial charge in [0, 0.05) is 37.0 Å². The van der Waals surface area contributed by atoms with Crippen molar-refractivity contribution in [3.8, 4) is 17.0 Å². The SMILES string of the molecule is Cc1cccc(C)c1[N-]c1cccc2ccc(-c3cc(C(C)(C)C)cc(C(C)(C)C)c3O)nc12.[CH2-]c1ccccc1.[CH2-]c1ccccc1.[Hf]. The molecule has 0 saturated heterocycles. The summed E-state index contributed by atoms with van der Waals surface area (Å²) in [4.78, 5) is 5.05. The Morgan fingerprint density at radius 1 is 0.612 bits per heavy atom. The van der Waals surface area contributed by atoms with E-state index >= 15 is 0 Å². The van der Waals surface area contributed by atoms with E-state index in [0.717, 1.165) is 61.4 Å². The predicted molar refractivity (Wildman–Crippen MR) is 207 cm³/mol. The molecular formula is C45H49HfN2O-3. The van der Waals surface area contributed by atoms with Crippen LogP contribution in [0.1, 0.15) is 74.9 Å². The first-order valence-corrected chi connectivity index (χ1v) is 16.4. The van der Waals surface area contributed by atoms with E-state index in [4.69, 9.17) is 10.3 Å². The molecule has 3 nitrogen and oxygen atoms in total. The van der Waals surface area contributed by atoms with Gasteiger partial charge in [0.25, 0.3) is 0 Å². The van der Waals surface area contributed by atoms with Gasteiger partial charge in [0.1, 0.15) is 5.75 Å². The Morgan fingerprint density at radius 3 is 1.61 bits per heavy atom. The number of hydrogen-bond donors (Lipinski definition) is 1. The number of phenols is 1. The van der Waals surface area contributed by atoms with E-state index in [1.54, 1.807) is 0 Å². The first-order valence-electron chi connectivity index (χ1n) is 16.4. The van der Waals surface area contributed by atoms with Crippen LogP contribution in [0.2, 0.25) is 0 Å². The van der Waals surface area contributed by atoms with Crippen LogP contribution in [0.25, 0.3) is 27.5 Å². The quantitative estimate of drug-likeness (QED) is 0.143. The Labute approximate surface area is 313 Å². The van der Waals surface area contributed by atoms with Crippen LogP contribution in [0.15, 0.2) is 121 Å². The molecule has 0 aliphatic heterocycles. The van der Waals surface area contributed by atoms with Crippen LogP contribution >= 0.6 is 0 Å². The number of aromatic nitrogens is 1. The largest absolute Gasteiger partial charge is 0.656 e. The van der Waals surface area contributed by atoms with Gasteiger partial charge in [-0.05, 0) is 47.8 Å². The van der Waals surface area contributed by atoms with Crippen molar-refractivity contribution in [2.75, 3.05) is 0 Å². The molecular weight excluding hydrogens is 763 g/mol. The monoisotopic (exact) mass is 813 g/mol. The third-order valence-corrected chi connectivity index (χ3v) is 8.12. The minimum absolute atomic E-state index is 0. The van der Waals surface area contributed by atoms with Gasteiger partial charge < -0.3 is 10.4 Å². The molecule has 0 aliphatic rings. The first-order chi connectivity index (χ1) is 22.6. The number of benzene rings is 5. The number of nitrogens with zero attached hydrogens (tertiary/aromatic N) is 2. The van der Waals surface area contributed by atoms with Crippen LogP contribution in [0.3, 0.4) is 0 Å². The van der Waals surface area contributed by atoms with Gasteiger partial charge in [-0.1, -0.05) is 113 Å². The molecule has 6 rings (SSSR count). The zero-order valence-electron chi connectivity index (χ0n) is 30.3. The fourth-order valence-electron chi connectivity index (χ4n) is 5.26. The Morgan fingerprint density at radius 2 is 1.14 bits per heavy atom. The van der Waals surface area contributed by atoms with E-state index < -0.39 is 0 Å². The number of phenolic OH excluding ortho intramolecular Hbond substituents is 1. The zero-order valence-corrected chi connectivity index (χ0v) is 33.9. The van der Waals surface area contributed by atoms with E-state index in [9.17, 15) is 5.11 Å². The fraction of sp³-hybridized carbons (Fsp3) is 0.222. The van der Waals surface area contributed by atoms with Crippen molar-refractivity contribution in [3.63, 3.8) is 0 Å². The average molecular weight is 812 g/mol. The van der Waals surface area contributed by atoms with Crippen LogP contribution < -0.4 is 0 Å². The Balaban J connectivity index is 0.000000357. The molecule has 1 N–H and O–H groups in total. The van der Waals surface area contributed by atoms with Crippen LogP contribution in [0.5, 0.6) is 5.75 Å². The van der Waals surface area contributed by atoms with Gasteiger partial charge >= 0.3 is 0 Å². The van der Waals surface area contributed by atoms with Crippen molar-refractivity contribution in [1.29, 1.82) is 0 Å². The molecule has 0 saturated carbocycles. The number of aryl methyl sites for hydroxylation is 2. The maximum absolute atomic E-state index is 11.4. The van der Waals surface area contributed by atoms with Crippen LogP contribution in [0, 0.1) is 27.7 Å². The number of fused-ring (bicyclic) bond motifs is 1. The summed E-state index contributed by atoms with van der Waals surface area (Å²) in [6.45, 7) is 24.6. The van der Waals surface area contributed by atoms with Gasteiger partial charge in [-0.3, -0.25) is 0 Å². The standard InChI is InChI=1S/C31H35N2O.2C7H7.Hf/c1-19-11-9-12-20(2)27(19)33-26-14-10-13-21-15-16-25(32-28(21)26)23-17-22(30(3,4)5)18-24(29(23)34)31(6,7)8;2*1-7-5-3-2-4-6-7;/h9-18H,1-8H3,(H,32,34);2*2-6H,1H2;/q3*-1;. The summed E-state index contributed by atoms with van der Waals surface area (Å²) in [6, 6.07) is 40.4. The minimum Gasteiger partial charge on any atom is -0.656 e. The average Bonchev–Trinajstić information content (AvgIpc) is 3.03. The normalized spacial score (nSPS) is 10.9. The molecule has 0 radical (unpaired) electrons. The molecule has 49 heavy (non-hydrogen) atoms. The summed E-state index contributed by atoms with van der Waals surface area (Å²) in [7, 11) is 0. The second-order valence-corrected chi connectivity index (χ2v) is 14.3. The first kappa shape index (κ1) is 39.2. The van der Waals surface area contributed by atoms with E-state index in [0.29, 0.717) is 5.75 Å². The van der Waals surface area contributed by atoms with Gasteiger partial charge in [-0.25, -0.2) is 4.98 Å². The number of para-hydroxylation sites is 2. The van der Waals surface area contributed by atoms with Crippen molar-refractivity contribution in [2.24, 2.45) is 0 Å². The molecule has 1 heterocycles. The molecule has 0 aliphatic carbocycles. The predicted octanol–water partition coefficient (Wildman–Crippen LogP) is 12.9.